The average molecular weight is 566 g/mol. The minimum atomic E-state index is -5.08. The molecule has 1 aliphatic rings. The number of nitrogens with zero attached hydrogens (tertiary/aromatic N) is 3. The van der Waals surface area contributed by atoms with Crippen molar-refractivity contribution in [2.45, 2.75) is 29.2 Å². The molecule has 4 rings (SSSR count). The largest absolute Gasteiger partial charge is 0.490 e. The summed E-state index contributed by atoms with van der Waals surface area (Å²) in [4.78, 5) is 31.3. The molecule has 1 aliphatic heterocycles. The molecular formula is C25H26F3N5O5S. The number of halogens is 3. The Kier molecular flexibility index (Phi) is 9.24. The number of primary amides is 1. The maximum Gasteiger partial charge on any atom is 0.490 e. The standard InChI is InChI=1S/C23H25N5O3S.C2HF3O2/c1-28-14-11-20(12-15-28)32(30,31)19-8-4-16(5-9-19)21-10-13-25-23(27-21)26-18-6-2-17(3-7-18)22(24)29;3-2(4,5)1(6)7/h2-10,13,20H,11-12,14-15H2,1H3,(H2,24,29)(H,25,26,27);(H,6,7). The third-order valence-electron chi connectivity index (χ3n) is 5.91. The number of anilines is 2. The molecule has 0 radical (unpaired) electrons. The van der Waals surface area contributed by atoms with Crippen LogP contribution in [0.25, 0.3) is 11.3 Å². The molecule has 3 aromatic rings. The second kappa shape index (κ2) is 12.2. The van der Waals surface area contributed by atoms with Gasteiger partial charge in [0, 0.05) is 23.0 Å². The summed E-state index contributed by atoms with van der Waals surface area (Å²) in [7, 11) is -1.34. The van der Waals surface area contributed by atoms with Crippen LogP contribution in [0.15, 0.2) is 65.7 Å². The van der Waals surface area contributed by atoms with Crippen LogP contribution in [-0.2, 0) is 14.6 Å². The molecule has 0 spiro atoms. The van der Waals surface area contributed by atoms with Crippen LogP contribution in [-0.4, -0.2) is 71.8 Å². The third kappa shape index (κ3) is 7.97. The maximum absolute atomic E-state index is 13.0. The Hall–Kier alpha value is -4.04. The van der Waals surface area contributed by atoms with E-state index in [4.69, 9.17) is 15.6 Å². The Morgan fingerprint density at radius 1 is 1.03 bits per heavy atom. The van der Waals surface area contributed by atoms with E-state index in [1.165, 1.54) is 0 Å². The number of aliphatic carboxylic acids is 1. The fraction of sp³-hybridized carbons (Fsp3) is 0.280. The first-order chi connectivity index (χ1) is 18.3. The summed E-state index contributed by atoms with van der Waals surface area (Å²) in [5.41, 5.74) is 7.85. The van der Waals surface area contributed by atoms with E-state index < -0.39 is 27.9 Å². The summed E-state index contributed by atoms with van der Waals surface area (Å²) in [6.45, 7) is 1.59. The molecule has 0 aliphatic carbocycles. The lowest BCUT2D eigenvalue weighted by Gasteiger charge is -2.28. The van der Waals surface area contributed by atoms with Crippen molar-refractivity contribution in [1.29, 1.82) is 0 Å². The SMILES string of the molecule is CN1CCC(S(=O)(=O)c2ccc(-c3ccnc(Nc4ccc(C(N)=O)cc4)n3)cc2)CC1.O=C(O)C(F)(F)F. The molecule has 1 fully saturated rings. The number of hydrogen-bond acceptors (Lipinski definition) is 8. The van der Waals surface area contributed by atoms with Gasteiger partial charge in [-0.3, -0.25) is 4.79 Å². The zero-order chi connectivity index (χ0) is 28.8. The first-order valence-electron chi connectivity index (χ1n) is 11.6. The molecule has 0 unspecified atom stereocenters. The highest BCUT2D eigenvalue weighted by Gasteiger charge is 2.38. The Morgan fingerprint density at radius 3 is 2.10 bits per heavy atom. The number of amides is 1. The van der Waals surface area contributed by atoms with E-state index in [1.807, 2.05) is 7.05 Å². The molecule has 1 amide bonds. The zero-order valence-electron chi connectivity index (χ0n) is 20.7. The van der Waals surface area contributed by atoms with Gasteiger partial charge in [-0.25, -0.2) is 23.2 Å². The van der Waals surface area contributed by atoms with Gasteiger partial charge in [0.05, 0.1) is 15.8 Å². The minimum absolute atomic E-state index is 0.333. The van der Waals surface area contributed by atoms with Crippen molar-refractivity contribution < 1.29 is 36.3 Å². The number of nitrogens with one attached hydrogen (secondary N) is 1. The Balaban J connectivity index is 0.000000532. The molecule has 0 atom stereocenters. The topological polar surface area (TPSA) is 156 Å². The van der Waals surface area contributed by atoms with Gasteiger partial charge in [-0.05, 0) is 75.4 Å². The highest BCUT2D eigenvalue weighted by atomic mass is 32.2. The second-order valence-corrected chi connectivity index (χ2v) is 10.9. The Bertz CT molecular complexity index is 1410. The van der Waals surface area contributed by atoms with E-state index in [0.29, 0.717) is 40.6 Å². The van der Waals surface area contributed by atoms with E-state index in [1.54, 1.807) is 60.8 Å². The number of rotatable bonds is 6. The predicted octanol–water partition coefficient (Wildman–Crippen LogP) is 3.49. The lowest BCUT2D eigenvalue weighted by Crippen LogP contribution is -2.37. The van der Waals surface area contributed by atoms with Crippen LogP contribution in [0, 0.1) is 0 Å². The number of carbonyl (C=O) groups excluding carboxylic acids is 1. The number of carboxylic acid groups (broad SMARTS) is 1. The number of carbonyl (C=O) groups is 2. The van der Waals surface area contributed by atoms with E-state index in [0.717, 1.165) is 18.7 Å². The zero-order valence-corrected chi connectivity index (χ0v) is 21.5. The summed E-state index contributed by atoms with van der Waals surface area (Å²) in [5.74, 6) is -2.86. The number of alkyl halides is 3. The number of benzene rings is 2. The molecule has 1 aromatic heterocycles. The monoisotopic (exact) mass is 565 g/mol. The van der Waals surface area contributed by atoms with Crippen molar-refractivity contribution in [3.8, 4) is 11.3 Å². The van der Waals surface area contributed by atoms with Gasteiger partial charge in [-0.15, -0.1) is 0 Å². The van der Waals surface area contributed by atoms with Crippen LogP contribution in [0.3, 0.4) is 0 Å². The van der Waals surface area contributed by atoms with E-state index in [2.05, 4.69) is 20.2 Å². The van der Waals surface area contributed by atoms with Gasteiger partial charge in [0.1, 0.15) is 0 Å². The van der Waals surface area contributed by atoms with Crippen molar-refractivity contribution in [3.05, 3.63) is 66.4 Å². The van der Waals surface area contributed by atoms with E-state index in [9.17, 15) is 26.4 Å². The molecule has 0 bridgehead atoms. The van der Waals surface area contributed by atoms with E-state index in [-0.39, 0.29) is 5.25 Å². The number of likely N-dealkylation sites (tertiary alicyclic amines) is 1. The molecule has 0 saturated carbocycles. The molecule has 1 saturated heterocycles. The molecular weight excluding hydrogens is 539 g/mol. The van der Waals surface area contributed by atoms with Crippen molar-refractivity contribution in [3.63, 3.8) is 0 Å². The van der Waals surface area contributed by atoms with Crippen molar-refractivity contribution in [2.75, 3.05) is 25.5 Å². The van der Waals surface area contributed by atoms with Crippen LogP contribution in [0.4, 0.5) is 24.8 Å². The first kappa shape index (κ1) is 29.5. The van der Waals surface area contributed by atoms with Gasteiger partial charge >= 0.3 is 12.1 Å². The molecule has 2 aromatic carbocycles. The summed E-state index contributed by atoms with van der Waals surface area (Å²) in [6, 6.07) is 15.3. The summed E-state index contributed by atoms with van der Waals surface area (Å²) in [6.07, 6.45) is -2.14. The van der Waals surface area contributed by atoms with Gasteiger partial charge in [0.2, 0.25) is 11.9 Å². The molecule has 208 valence electrons. The maximum atomic E-state index is 13.0. The first-order valence-corrected chi connectivity index (χ1v) is 13.1. The van der Waals surface area contributed by atoms with Gasteiger partial charge in [0.25, 0.3) is 0 Å². The normalized spacial score (nSPS) is 14.7. The fourth-order valence-corrected chi connectivity index (χ4v) is 5.46. The average Bonchev–Trinajstić information content (AvgIpc) is 2.89. The predicted molar refractivity (Wildman–Crippen MR) is 137 cm³/mol. The Morgan fingerprint density at radius 2 is 1.59 bits per heavy atom. The second-order valence-electron chi connectivity index (χ2n) is 8.71. The molecule has 4 N–H and O–H groups in total. The number of nitrogens with two attached hydrogens (primary N) is 1. The Labute approximate surface area is 222 Å². The van der Waals surface area contributed by atoms with Crippen LogP contribution in [0.2, 0.25) is 0 Å². The summed E-state index contributed by atoms with van der Waals surface area (Å²) < 4.78 is 57.7. The van der Waals surface area contributed by atoms with Crippen LogP contribution < -0.4 is 11.1 Å². The van der Waals surface area contributed by atoms with Crippen LogP contribution in [0.1, 0.15) is 23.2 Å². The van der Waals surface area contributed by atoms with Crippen LogP contribution >= 0.6 is 0 Å². The fourth-order valence-electron chi connectivity index (χ4n) is 3.73. The third-order valence-corrected chi connectivity index (χ3v) is 8.18. The van der Waals surface area contributed by atoms with Crippen molar-refractivity contribution in [2.24, 2.45) is 5.73 Å². The number of hydrogen-bond donors (Lipinski definition) is 3. The van der Waals surface area contributed by atoms with Gasteiger partial charge < -0.3 is 21.1 Å². The molecule has 14 heteroatoms. The number of carboxylic acids is 1. The van der Waals surface area contributed by atoms with E-state index >= 15 is 0 Å². The summed E-state index contributed by atoms with van der Waals surface area (Å²) >= 11 is 0. The van der Waals surface area contributed by atoms with Gasteiger partial charge in [-0.2, -0.15) is 13.2 Å². The molecule has 10 nitrogen and oxygen atoms in total. The number of aromatic nitrogens is 2. The van der Waals surface area contributed by atoms with Crippen molar-refractivity contribution in [1.82, 2.24) is 14.9 Å². The molecule has 39 heavy (non-hydrogen) atoms. The van der Waals surface area contributed by atoms with Gasteiger partial charge in [0.15, 0.2) is 9.84 Å². The minimum Gasteiger partial charge on any atom is -0.475 e. The van der Waals surface area contributed by atoms with Crippen molar-refractivity contribution >= 4 is 33.3 Å². The van der Waals surface area contributed by atoms with Crippen LogP contribution in [0.5, 0.6) is 0 Å². The highest BCUT2D eigenvalue weighted by Crippen LogP contribution is 2.27. The highest BCUT2D eigenvalue weighted by molar-refractivity contribution is 7.92. The summed E-state index contributed by atoms with van der Waals surface area (Å²) in [5, 5.41) is 9.88. The lowest BCUT2D eigenvalue weighted by molar-refractivity contribution is -0.192. The number of sulfone groups is 1. The molecule has 2 heterocycles. The smallest absolute Gasteiger partial charge is 0.475 e. The quantitative estimate of drug-likeness (QED) is 0.407. The van der Waals surface area contributed by atoms with Gasteiger partial charge in [-0.1, -0.05) is 12.1 Å². The lowest BCUT2D eigenvalue weighted by atomic mass is 10.1. The number of piperidine rings is 1.